The van der Waals surface area contributed by atoms with Crippen LogP contribution in [0.15, 0.2) is 53.0 Å². The zero-order chi connectivity index (χ0) is 15.7. The van der Waals surface area contributed by atoms with E-state index in [1.807, 2.05) is 42.5 Å². The highest BCUT2D eigenvalue weighted by atomic mass is 79.9. The van der Waals surface area contributed by atoms with Gasteiger partial charge < -0.3 is 10.2 Å². The van der Waals surface area contributed by atoms with Crippen molar-refractivity contribution in [3.8, 4) is 0 Å². The smallest absolute Gasteiger partial charge is 0.255 e. The van der Waals surface area contributed by atoms with Crippen molar-refractivity contribution in [3.05, 3.63) is 64.1 Å². The summed E-state index contributed by atoms with van der Waals surface area (Å²) in [6.07, 6.45) is 0. The molecule has 0 saturated heterocycles. The molecule has 1 aliphatic rings. The Balaban J connectivity index is 1.72. The van der Waals surface area contributed by atoms with Gasteiger partial charge in [-0.15, -0.1) is 0 Å². The van der Waals surface area contributed by atoms with Crippen LogP contribution in [-0.2, 0) is 11.3 Å². The van der Waals surface area contributed by atoms with Gasteiger partial charge in [0, 0.05) is 22.3 Å². The molecule has 0 fully saturated rings. The van der Waals surface area contributed by atoms with Gasteiger partial charge >= 0.3 is 0 Å². The average molecular weight is 359 g/mol. The molecular formula is C17H15BrN2O2. The highest BCUT2D eigenvalue weighted by molar-refractivity contribution is 9.10. The molecule has 5 heteroatoms. The second kappa shape index (κ2) is 5.93. The molecule has 1 N–H and O–H groups in total. The zero-order valence-corrected chi connectivity index (χ0v) is 13.6. The van der Waals surface area contributed by atoms with Crippen LogP contribution in [-0.4, -0.2) is 22.8 Å². The Labute approximate surface area is 137 Å². The Morgan fingerprint density at radius 3 is 2.55 bits per heavy atom. The van der Waals surface area contributed by atoms with Gasteiger partial charge in [0.05, 0.1) is 0 Å². The number of nitrogens with zero attached hydrogens (tertiary/aromatic N) is 1. The van der Waals surface area contributed by atoms with E-state index < -0.39 is 6.04 Å². The van der Waals surface area contributed by atoms with E-state index in [0.29, 0.717) is 17.8 Å². The third-order valence-electron chi connectivity index (χ3n) is 3.81. The number of fused-ring (bicyclic) bond motifs is 1. The van der Waals surface area contributed by atoms with Crippen molar-refractivity contribution in [1.29, 1.82) is 0 Å². The van der Waals surface area contributed by atoms with E-state index in [2.05, 4.69) is 21.2 Å². The van der Waals surface area contributed by atoms with Crippen molar-refractivity contribution in [1.82, 2.24) is 4.90 Å². The van der Waals surface area contributed by atoms with E-state index in [0.717, 1.165) is 10.0 Å². The Hall–Kier alpha value is -2.14. The summed E-state index contributed by atoms with van der Waals surface area (Å²) in [7, 11) is 0. The second-order valence-electron chi connectivity index (χ2n) is 5.26. The summed E-state index contributed by atoms with van der Waals surface area (Å²) < 4.78 is 0.948. The van der Waals surface area contributed by atoms with Gasteiger partial charge in [-0.2, -0.15) is 0 Å². The minimum Gasteiger partial charge on any atom is -0.324 e. The molecule has 0 saturated carbocycles. The van der Waals surface area contributed by atoms with Crippen LogP contribution in [0.5, 0.6) is 0 Å². The molecule has 2 aromatic rings. The standard InChI is InChI=1S/C17H15BrN2O2/c1-11(16(21)19-14-8-6-13(18)7-9-14)20-10-12-4-2-3-5-15(12)17(20)22/h2-9,11H,10H2,1H3,(H,19,21)/t11-/m0/s1. The fraction of sp³-hybridized carbons (Fsp3) is 0.176. The summed E-state index contributed by atoms with van der Waals surface area (Å²) in [6, 6.07) is 14.3. The molecule has 112 valence electrons. The average Bonchev–Trinajstić information content (AvgIpc) is 2.86. The SMILES string of the molecule is C[C@@H](C(=O)Nc1ccc(Br)cc1)N1Cc2ccccc2C1=O. The van der Waals surface area contributed by atoms with Crippen molar-refractivity contribution < 1.29 is 9.59 Å². The fourth-order valence-electron chi connectivity index (χ4n) is 2.51. The molecule has 0 aromatic heterocycles. The number of benzene rings is 2. The van der Waals surface area contributed by atoms with Crippen molar-refractivity contribution >= 4 is 33.4 Å². The number of halogens is 1. The molecule has 1 atom stereocenters. The maximum Gasteiger partial charge on any atom is 0.255 e. The number of hydrogen-bond acceptors (Lipinski definition) is 2. The maximum absolute atomic E-state index is 12.4. The number of anilines is 1. The lowest BCUT2D eigenvalue weighted by Gasteiger charge is -2.23. The van der Waals surface area contributed by atoms with E-state index in [4.69, 9.17) is 0 Å². The van der Waals surface area contributed by atoms with Crippen molar-refractivity contribution in [3.63, 3.8) is 0 Å². The Bertz CT molecular complexity index is 728. The van der Waals surface area contributed by atoms with Gasteiger partial charge in [-0.1, -0.05) is 34.1 Å². The summed E-state index contributed by atoms with van der Waals surface area (Å²) in [5.74, 6) is -0.280. The zero-order valence-electron chi connectivity index (χ0n) is 12.0. The van der Waals surface area contributed by atoms with E-state index in [1.165, 1.54) is 0 Å². The summed E-state index contributed by atoms with van der Waals surface area (Å²) in [6.45, 7) is 2.22. The number of carbonyl (C=O) groups excluding carboxylic acids is 2. The fourth-order valence-corrected chi connectivity index (χ4v) is 2.78. The van der Waals surface area contributed by atoms with E-state index >= 15 is 0 Å². The van der Waals surface area contributed by atoms with Crippen molar-refractivity contribution in [2.75, 3.05) is 5.32 Å². The second-order valence-corrected chi connectivity index (χ2v) is 6.18. The maximum atomic E-state index is 12.4. The molecule has 22 heavy (non-hydrogen) atoms. The molecule has 0 unspecified atom stereocenters. The topological polar surface area (TPSA) is 49.4 Å². The number of hydrogen-bond donors (Lipinski definition) is 1. The van der Waals surface area contributed by atoms with Crippen LogP contribution < -0.4 is 5.32 Å². The molecule has 0 spiro atoms. The van der Waals surface area contributed by atoms with E-state index in [1.54, 1.807) is 17.9 Å². The highest BCUT2D eigenvalue weighted by Crippen LogP contribution is 2.24. The van der Waals surface area contributed by atoms with Gasteiger partial charge in [-0.25, -0.2) is 0 Å². The van der Waals surface area contributed by atoms with Crippen LogP contribution in [0.1, 0.15) is 22.8 Å². The van der Waals surface area contributed by atoms with Crippen molar-refractivity contribution in [2.45, 2.75) is 19.5 Å². The minimum absolute atomic E-state index is 0.0888. The predicted octanol–water partition coefficient (Wildman–Crippen LogP) is 3.43. The molecule has 3 rings (SSSR count). The lowest BCUT2D eigenvalue weighted by Crippen LogP contribution is -2.42. The molecular weight excluding hydrogens is 344 g/mol. The minimum atomic E-state index is -0.524. The predicted molar refractivity (Wildman–Crippen MR) is 88.5 cm³/mol. The molecule has 0 bridgehead atoms. The lowest BCUT2D eigenvalue weighted by molar-refractivity contribution is -0.120. The highest BCUT2D eigenvalue weighted by Gasteiger charge is 2.33. The normalized spacial score (nSPS) is 14.6. The molecule has 0 radical (unpaired) electrons. The molecule has 1 aliphatic heterocycles. The lowest BCUT2D eigenvalue weighted by atomic mass is 10.1. The molecule has 2 aromatic carbocycles. The van der Waals surface area contributed by atoms with Crippen LogP contribution in [0.4, 0.5) is 5.69 Å². The van der Waals surface area contributed by atoms with Gasteiger partial charge in [-0.05, 0) is 42.8 Å². The van der Waals surface area contributed by atoms with Gasteiger partial charge in [0.2, 0.25) is 5.91 Å². The Morgan fingerprint density at radius 2 is 1.86 bits per heavy atom. The first kappa shape index (κ1) is 14.8. The van der Waals surface area contributed by atoms with Gasteiger partial charge in [0.25, 0.3) is 5.91 Å². The largest absolute Gasteiger partial charge is 0.324 e. The first-order chi connectivity index (χ1) is 10.6. The van der Waals surface area contributed by atoms with Gasteiger partial charge in [0.15, 0.2) is 0 Å². The third kappa shape index (κ3) is 2.76. The van der Waals surface area contributed by atoms with Crippen LogP contribution in [0, 0.1) is 0 Å². The van der Waals surface area contributed by atoms with E-state index in [-0.39, 0.29) is 11.8 Å². The molecule has 4 nitrogen and oxygen atoms in total. The number of amides is 2. The van der Waals surface area contributed by atoms with E-state index in [9.17, 15) is 9.59 Å². The Morgan fingerprint density at radius 1 is 1.18 bits per heavy atom. The summed E-state index contributed by atoms with van der Waals surface area (Å²) in [5.41, 5.74) is 2.37. The third-order valence-corrected chi connectivity index (χ3v) is 4.34. The Kier molecular flexibility index (Phi) is 3.98. The quantitative estimate of drug-likeness (QED) is 0.913. The first-order valence-corrected chi connectivity index (χ1v) is 7.81. The van der Waals surface area contributed by atoms with Crippen molar-refractivity contribution in [2.24, 2.45) is 0 Å². The van der Waals surface area contributed by atoms with Crippen LogP contribution in [0.25, 0.3) is 0 Å². The van der Waals surface area contributed by atoms with Crippen LogP contribution in [0.2, 0.25) is 0 Å². The first-order valence-electron chi connectivity index (χ1n) is 7.01. The summed E-state index contributed by atoms with van der Waals surface area (Å²) in [4.78, 5) is 26.3. The van der Waals surface area contributed by atoms with Crippen LogP contribution >= 0.6 is 15.9 Å². The van der Waals surface area contributed by atoms with Gasteiger partial charge in [0.1, 0.15) is 6.04 Å². The number of carbonyl (C=O) groups is 2. The number of rotatable bonds is 3. The molecule has 2 amide bonds. The number of nitrogens with one attached hydrogen (secondary N) is 1. The monoisotopic (exact) mass is 358 g/mol. The van der Waals surface area contributed by atoms with Gasteiger partial charge in [-0.3, -0.25) is 9.59 Å². The summed E-state index contributed by atoms with van der Waals surface area (Å²) >= 11 is 3.35. The molecule has 1 heterocycles. The summed E-state index contributed by atoms with van der Waals surface area (Å²) in [5, 5.41) is 2.84. The van der Waals surface area contributed by atoms with Crippen LogP contribution in [0.3, 0.4) is 0 Å². The molecule has 0 aliphatic carbocycles.